The van der Waals surface area contributed by atoms with Gasteiger partial charge >= 0.3 is 0 Å². The molecule has 110 valence electrons. The van der Waals surface area contributed by atoms with E-state index in [1.807, 2.05) is 25.8 Å². The van der Waals surface area contributed by atoms with Crippen molar-refractivity contribution < 1.29 is 14.1 Å². The van der Waals surface area contributed by atoms with Crippen LogP contribution in [-0.2, 0) is 0 Å². The summed E-state index contributed by atoms with van der Waals surface area (Å²) in [6.07, 6.45) is 0. The number of rotatable bonds is 6. The summed E-state index contributed by atoms with van der Waals surface area (Å²) in [5.41, 5.74) is -0.623. The van der Waals surface area contributed by atoms with Gasteiger partial charge in [-0.2, -0.15) is 0 Å². The molecular weight excluding hydrogens is 265 g/mol. The summed E-state index contributed by atoms with van der Waals surface area (Å²) in [6, 6.07) is 3.23. The van der Waals surface area contributed by atoms with Crippen LogP contribution in [0.4, 0.5) is 10.1 Å². The van der Waals surface area contributed by atoms with Crippen molar-refractivity contribution in [2.75, 3.05) is 20.1 Å². The molecule has 0 aliphatic carbocycles. The van der Waals surface area contributed by atoms with Crippen LogP contribution in [0.3, 0.4) is 0 Å². The van der Waals surface area contributed by atoms with Crippen molar-refractivity contribution in [1.29, 1.82) is 0 Å². The van der Waals surface area contributed by atoms with Gasteiger partial charge in [0.2, 0.25) is 0 Å². The van der Waals surface area contributed by atoms with Crippen molar-refractivity contribution in [3.05, 3.63) is 39.7 Å². The number of hydrogen-bond donors (Lipinski definition) is 1. The summed E-state index contributed by atoms with van der Waals surface area (Å²) in [5, 5.41) is 13.2. The minimum atomic E-state index is -0.773. The second-order valence-corrected chi connectivity index (χ2v) is 4.75. The lowest BCUT2D eigenvalue weighted by molar-refractivity contribution is -0.384. The Morgan fingerprint density at radius 2 is 2.15 bits per heavy atom. The standard InChI is InChI=1S/C13H18FN3O3/c1-9(2)16(3)7-6-15-13(18)11-8-10(17(19)20)4-5-12(11)14/h4-5,8-9H,6-7H2,1-3H3,(H,15,18). The van der Waals surface area contributed by atoms with Crippen LogP contribution in [0.1, 0.15) is 24.2 Å². The SMILES string of the molecule is CC(C)N(C)CCNC(=O)c1cc([N+](=O)[O-])ccc1F. The fourth-order valence-electron chi connectivity index (χ4n) is 1.50. The van der Waals surface area contributed by atoms with Crippen LogP contribution in [-0.4, -0.2) is 41.9 Å². The highest BCUT2D eigenvalue weighted by atomic mass is 19.1. The van der Waals surface area contributed by atoms with Crippen molar-refractivity contribution in [3.63, 3.8) is 0 Å². The molecular formula is C13H18FN3O3. The maximum Gasteiger partial charge on any atom is 0.270 e. The van der Waals surface area contributed by atoms with Crippen molar-refractivity contribution >= 4 is 11.6 Å². The molecule has 1 aromatic rings. The number of likely N-dealkylation sites (N-methyl/N-ethyl adjacent to an activating group) is 1. The van der Waals surface area contributed by atoms with Gasteiger partial charge in [-0.05, 0) is 27.0 Å². The van der Waals surface area contributed by atoms with E-state index in [1.54, 1.807) is 0 Å². The summed E-state index contributed by atoms with van der Waals surface area (Å²) in [4.78, 5) is 23.8. The van der Waals surface area contributed by atoms with Crippen molar-refractivity contribution in [1.82, 2.24) is 10.2 Å². The number of nitrogens with one attached hydrogen (secondary N) is 1. The molecule has 1 amide bonds. The quantitative estimate of drug-likeness (QED) is 0.638. The molecule has 0 bridgehead atoms. The second-order valence-electron chi connectivity index (χ2n) is 4.75. The van der Waals surface area contributed by atoms with Crippen LogP contribution in [0, 0.1) is 15.9 Å². The van der Waals surface area contributed by atoms with Crippen molar-refractivity contribution in [3.8, 4) is 0 Å². The van der Waals surface area contributed by atoms with Gasteiger partial charge in [0.1, 0.15) is 5.82 Å². The van der Waals surface area contributed by atoms with E-state index in [9.17, 15) is 19.3 Å². The molecule has 0 spiro atoms. The molecule has 0 saturated heterocycles. The van der Waals surface area contributed by atoms with E-state index in [-0.39, 0.29) is 11.3 Å². The predicted molar refractivity (Wildman–Crippen MR) is 73.2 cm³/mol. The number of hydrogen-bond acceptors (Lipinski definition) is 4. The fraction of sp³-hybridized carbons (Fsp3) is 0.462. The molecule has 0 saturated carbocycles. The number of carbonyl (C=O) groups is 1. The zero-order valence-corrected chi connectivity index (χ0v) is 11.7. The smallest absolute Gasteiger partial charge is 0.270 e. The largest absolute Gasteiger partial charge is 0.351 e. The molecule has 0 atom stereocenters. The fourth-order valence-corrected chi connectivity index (χ4v) is 1.50. The third-order valence-electron chi connectivity index (χ3n) is 3.04. The number of nitrogens with zero attached hydrogens (tertiary/aromatic N) is 2. The lowest BCUT2D eigenvalue weighted by Gasteiger charge is -2.20. The average Bonchev–Trinajstić information content (AvgIpc) is 2.38. The first-order chi connectivity index (χ1) is 9.32. The van der Waals surface area contributed by atoms with E-state index >= 15 is 0 Å². The number of carbonyl (C=O) groups excluding carboxylic acids is 1. The number of halogens is 1. The van der Waals surface area contributed by atoms with E-state index in [0.717, 1.165) is 18.2 Å². The lowest BCUT2D eigenvalue weighted by atomic mass is 10.1. The monoisotopic (exact) mass is 283 g/mol. The summed E-state index contributed by atoms with van der Waals surface area (Å²) in [7, 11) is 1.91. The van der Waals surface area contributed by atoms with Crippen LogP contribution in [0.5, 0.6) is 0 Å². The molecule has 0 unspecified atom stereocenters. The van der Waals surface area contributed by atoms with Crippen LogP contribution in [0.15, 0.2) is 18.2 Å². The second kappa shape index (κ2) is 6.95. The minimum absolute atomic E-state index is 0.309. The van der Waals surface area contributed by atoms with Gasteiger partial charge in [0.05, 0.1) is 10.5 Å². The molecule has 0 aliphatic heterocycles. The van der Waals surface area contributed by atoms with Gasteiger partial charge in [0.15, 0.2) is 0 Å². The highest BCUT2D eigenvalue weighted by molar-refractivity contribution is 5.95. The number of benzene rings is 1. The molecule has 0 aromatic heterocycles. The van der Waals surface area contributed by atoms with E-state index in [1.165, 1.54) is 0 Å². The molecule has 20 heavy (non-hydrogen) atoms. The summed E-state index contributed by atoms with van der Waals surface area (Å²) in [5.74, 6) is -1.42. The van der Waals surface area contributed by atoms with Crippen molar-refractivity contribution in [2.45, 2.75) is 19.9 Å². The predicted octanol–water partition coefficient (Wildman–Crippen LogP) is 1.80. The maximum absolute atomic E-state index is 13.5. The van der Waals surface area contributed by atoms with Crippen LogP contribution in [0.2, 0.25) is 0 Å². The van der Waals surface area contributed by atoms with E-state index < -0.39 is 16.6 Å². The van der Waals surface area contributed by atoms with Crippen LogP contribution >= 0.6 is 0 Å². The Balaban J connectivity index is 2.68. The molecule has 0 fully saturated rings. The third-order valence-corrected chi connectivity index (χ3v) is 3.04. The molecule has 6 nitrogen and oxygen atoms in total. The Hall–Kier alpha value is -2.02. The zero-order valence-electron chi connectivity index (χ0n) is 11.7. The number of nitro benzene ring substituents is 1. The molecule has 7 heteroatoms. The minimum Gasteiger partial charge on any atom is -0.351 e. The van der Waals surface area contributed by atoms with Crippen LogP contribution in [0.25, 0.3) is 0 Å². The van der Waals surface area contributed by atoms with Gasteiger partial charge in [-0.25, -0.2) is 4.39 Å². The Morgan fingerprint density at radius 3 is 2.70 bits per heavy atom. The Morgan fingerprint density at radius 1 is 1.50 bits per heavy atom. The normalized spacial score (nSPS) is 10.9. The van der Waals surface area contributed by atoms with Gasteiger partial charge < -0.3 is 10.2 Å². The molecule has 0 radical (unpaired) electrons. The Kier molecular flexibility index (Phi) is 5.57. The first kappa shape index (κ1) is 16.0. The number of nitro groups is 1. The van der Waals surface area contributed by atoms with E-state index in [4.69, 9.17) is 0 Å². The van der Waals surface area contributed by atoms with Crippen molar-refractivity contribution in [2.24, 2.45) is 0 Å². The first-order valence-electron chi connectivity index (χ1n) is 6.25. The van der Waals surface area contributed by atoms with Crippen LogP contribution < -0.4 is 5.32 Å². The number of amides is 1. The van der Waals surface area contributed by atoms with E-state index in [2.05, 4.69) is 5.32 Å². The first-order valence-corrected chi connectivity index (χ1v) is 6.25. The molecule has 1 rings (SSSR count). The number of non-ortho nitro benzene ring substituents is 1. The van der Waals surface area contributed by atoms with Gasteiger partial charge in [0, 0.05) is 31.3 Å². The maximum atomic E-state index is 13.5. The average molecular weight is 283 g/mol. The summed E-state index contributed by atoms with van der Waals surface area (Å²) >= 11 is 0. The highest BCUT2D eigenvalue weighted by Crippen LogP contribution is 2.16. The summed E-state index contributed by atoms with van der Waals surface area (Å²) in [6.45, 7) is 4.99. The molecule has 0 heterocycles. The van der Waals surface area contributed by atoms with E-state index in [0.29, 0.717) is 19.1 Å². The Bertz CT molecular complexity index is 506. The van der Waals surface area contributed by atoms with Gasteiger partial charge in [-0.1, -0.05) is 0 Å². The lowest BCUT2D eigenvalue weighted by Crippen LogP contribution is -2.36. The molecule has 1 aromatic carbocycles. The highest BCUT2D eigenvalue weighted by Gasteiger charge is 2.16. The van der Waals surface area contributed by atoms with Gasteiger partial charge in [-0.15, -0.1) is 0 Å². The zero-order chi connectivity index (χ0) is 15.3. The molecule has 1 N–H and O–H groups in total. The Labute approximate surface area is 116 Å². The summed E-state index contributed by atoms with van der Waals surface area (Å²) < 4.78 is 13.5. The molecule has 0 aliphatic rings. The van der Waals surface area contributed by atoms with Gasteiger partial charge in [-0.3, -0.25) is 14.9 Å². The topological polar surface area (TPSA) is 75.5 Å². The third kappa shape index (κ3) is 4.27. The van der Waals surface area contributed by atoms with Gasteiger partial charge in [0.25, 0.3) is 11.6 Å².